The summed E-state index contributed by atoms with van der Waals surface area (Å²) in [4.78, 5) is 2.38. The average molecular weight is 302 g/mol. The summed E-state index contributed by atoms with van der Waals surface area (Å²) >= 11 is 0. The highest BCUT2D eigenvalue weighted by molar-refractivity contribution is 7.91. The molecule has 0 aromatic rings. The number of likely N-dealkylation sites (tertiary alicyclic amines) is 1. The number of piperidine rings is 1. The molecule has 2 rings (SSSR count). The van der Waals surface area contributed by atoms with Crippen LogP contribution in [0.5, 0.6) is 0 Å². The van der Waals surface area contributed by atoms with Crippen LogP contribution in [0, 0.1) is 11.3 Å². The van der Waals surface area contributed by atoms with Crippen LogP contribution >= 0.6 is 0 Å². The maximum atomic E-state index is 12.0. The lowest BCUT2D eigenvalue weighted by Crippen LogP contribution is -2.62. The fourth-order valence-corrected chi connectivity index (χ4v) is 5.93. The number of hydrogen-bond acceptors (Lipinski definition) is 4. The van der Waals surface area contributed by atoms with Crippen LogP contribution < -0.4 is 5.73 Å². The summed E-state index contributed by atoms with van der Waals surface area (Å²) in [5.41, 5.74) is 6.06. The van der Waals surface area contributed by atoms with Crippen molar-refractivity contribution in [1.82, 2.24) is 4.90 Å². The Morgan fingerprint density at radius 1 is 1.25 bits per heavy atom. The van der Waals surface area contributed by atoms with Gasteiger partial charge in [0.05, 0.1) is 11.5 Å². The van der Waals surface area contributed by atoms with Gasteiger partial charge in [-0.25, -0.2) is 8.42 Å². The summed E-state index contributed by atoms with van der Waals surface area (Å²) in [7, 11) is -2.92. The predicted octanol–water partition coefficient (Wildman–Crippen LogP) is 1.65. The molecule has 2 aliphatic rings. The van der Waals surface area contributed by atoms with Crippen molar-refractivity contribution in [3.05, 3.63) is 0 Å². The van der Waals surface area contributed by atoms with Gasteiger partial charge in [-0.1, -0.05) is 20.8 Å². The summed E-state index contributed by atoms with van der Waals surface area (Å²) < 4.78 is 24.0. The number of nitrogens with two attached hydrogens (primary N) is 1. The zero-order valence-electron chi connectivity index (χ0n) is 13.2. The van der Waals surface area contributed by atoms with Crippen molar-refractivity contribution in [3.8, 4) is 0 Å². The first-order valence-electron chi connectivity index (χ1n) is 7.84. The molecular formula is C15H30N2O2S. The molecule has 0 amide bonds. The molecule has 0 aromatic carbocycles. The first kappa shape index (κ1) is 16.2. The molecule has 0 saturated carbocycles. The Morgan fingerprint density at radius 3 is 2.30 bits per heavy atom. The Bertz CT molecular complexity index is 433. The van der Waals surface area contributed by atoms with E-state index in [-0.39, 0.29) is 11.3 Å². The van der Waals surface area contributed by atoms with Crippen LogP contribution in [0.1, 0.15) is 46.5 Å². The van der Waals surface area contributed by atoms with Crippen molar-refractivity contribution in [1.29, 1.82) is 0 Å². The van der Waals surface area contributed by atoms with Gasteiger partial charge in [0.1, 0.15) is 0 Å². The molecule has 118 valence electrons. The van der Waals surface area contributed by atoms with Crippen LogP contribution in [-0.4, -0.2) is 50.0 Å². The van der Waals surface area contributed by atoms with E-state index in [1.165, 1.54) is 0 Å². The maximum absolute atomic E-state index is 12.0. The topological polar surface area (TPSA) is 63.4 Å². The standard InChI is InChI=1S/C15H30N2O2S/c1-14(2,3)13-5-8-17(9-6-13)15(11-16)7-4-10-20(18,19)12-15/h13H,4-12,16H2,1-3H3. The summed E-state index contributed by atoms with van der Waals surface area (Å²) in [6, 6.07) is 0. The number of rotatable bonds is 2. The largest absolute Gasteiger partial charge is 0.329 e. The lowest BCUT2D eigenvalue weighted by atomic mass is 9.74. The highest BCUT2D eigenvalue weighted by atomic mass is 32.2. The third kappa shape index (κ3) is 3.37. The van der Waals surface area contributed by atoms with Gasteiger partial charge in [0.15, 0.2) is 9.84 Å². The average Bonchev–Trinajstić information content (AvgIpc) is 2.36. The summed E-state index contributed by atoms with van der Waals surface area (Å²) in [6.45, 7) is 9.36. The van der Waals surface area contributed by atoms with E-state index in [1.807, 2.05) is 0 Å². The highest BCUT2D eigenvalue weighted by Gasteiger charge is 2.44. The zero-order valence-corrected chi connectivity index (χ0v) is 14.0. The minimum Gasteiger partial charge on any atom is -0.329 e. The van der Waals surface area contributed by atoms with Gasteiger partial charge < -0.3 is 5.73 Å². The molecule has 2 N–H and O–H groups in total. The fourth-order valence-electron chi connectivity index (χ4n) is 3.93. The summed E-state index contributed by atoms with van der Waals surface area (Å²) in [5.74, 6) is 1.33. The van der Waals surface area contributed by atoms with Crippen molar-refractivity contribution in [2.45, 2.75) is 52.0 Å². The van der Waals surface area contributed by atoms with Crippen molar-refractivity contribution in [2.24, 2.45) is 17.1 Å². The lowest BCUT2D eigenvalue weighted by molar-refractivity contribution is 0.0340. The first-order valence-corrected chi connectivity index (χ1v) is 9.66. The highest BCUT2D eigenvalue weighted by Crippen LogP contribution is 2.38. The fraction of sp³-hybridized carbons (Fsp3) is 1.00. The van der Waals surface area contributed by atoms with Gasteiger partial charge in [0.25, 0.3) is 0 Å². The molecule has 5 heteroatoms. The van der Waals surface area contributed by atoms with Crippen molar-refractivity contribution in [3.63, 3.8) is 0 Å². The molecule has 1 unspecified atom stereocenters. The molecule has 0 spiro atoms. The second kappa shape index (κ2) is 5.58. The van der Waals surface area contributed by atoms with E-state index in [0.29, 0.717) is 17.7 Å². The Balaban J connectivity index is 2.07. The van der Waals surface area contributed by atoms with Gasteiger partial charge in [-0.2, -0.15) is 0 Å². The third-order valence-electron chi connectivity index (χ3n) is 5.36. The molecule has 4 nitrogen and oxygen atoms in total. The smallest absolute Gasteiger partial charge is 0.152 e. The van der Waals surface area contributed by atoms with Crippen molar-refractivity contribution < 1.29 is 8.42 Å². The molecule has 0 aromatic heterocycles. The molecule has 2 fully saturated rings. The Morgan fingerprint density at radius 2 is 1.85 bits per heavy atom. The number of nitrogens with zero attached hydrogens (tertiary/aromatic N) is 1. The second-order valence-corrected chi connectivity index (χ2v) is 9.94. The van der Waals surface area contributed by atoms with Gasteiger partial charge in [-0.3, -0.25) is 4.90 Å². The second-order valence-electron chi connectivity index (χ2n) is 7.75. The van der Waals surface area contributed by atoms with Crippen molar-refractivity contribution in [2.75, 3.05) is 31.1 Å². The minimum absolute atomic E-state index is 0.261. The predicted molar refractivity (Wildman–Crippen MR) is 83.4 cm³/mol. The van der Waals surface area contributed by atoms with E-state index in [0.717, 1.165) is 44.7 Å². The van der Waals surface area contributed by atoms with Crippen molar-refractivity contribution >= 4 is 9.84 Å². The molecular weight excluding hydrogens is 272 g/mol. The molecule has 2 aliphatic heterocycles. The number of hydrogen-bond donors (Lipinski definition) is 1. The molecule has 0 radical (unpaired) electrons. The van der Waals surface area contributed by atoms with E-state index < -0.39 is 9.84 Å². The van der Waals surface area contributed by atoms with Gasteiger partial charge in [-0.05, 0) is 50.1 Å². The van der Waals surface area contributed by atoms with Gasteiger partial charge in [-0.15, -0.1) is 0 Å². The molecule has 0 bridgehead atoms. The van der Waals surface area contributed by atoms with E-state index in [1.54, 1.807) is 0 Å². The molecule has 2 saturated heterocycles. The van der Waals surface area contributed by atoms with Crippen LogP contribution in [0.4, 0.5) is 0 Å². The molecule has 1 atom stereocenters. The first-order chi connectivity index (χ1) is 9.19. The van der Waals surface area contributed by atoms with Crippen LogP contribution in [0.25, 0.3) is 0 Å². The third-order valence-corrected chi connectivity index (χ3v) is 7.24. The number of sulfone groups is 1. The lowest BCUT2D eigenvalue weighted by Gasteiger charge is -2.49. The quantitative estimate of drug-likeness (QED) is 0.842. The van der Waals surface area contributed by atoms with E-state index in [4.69, 9.17) is 5.73 Å². The van der Waals surface area contributed by atoms with Gasteiger partial charge >= 0.3 is 0 Å². The Labute approximate surface area is 124 Å². The normalized spacial score (nSPS) is 33.2. The van der Waals surface area contributed by atoms with Crippen LogP contribution in [0.15, 0.2) is 0 Å². The van der Waals surface area contributed by atoms with Crippen LogP contribution in [-0.2, 0) is 9.84 Å². The Hall–Kier alpha value is -0.130. The summed E-state index contributed by atoms with van der Waals surface area (Å²) in [5, 5.41) is 0. The molecule has 20 heavy (non-hydrogen) atoms. The molecule has 0 aliphatic carbocycles. The minimum atomic E-state index is -2.92. The monoisotopic (exact) mass is 302 g/mol. The zero-order chi connectivity index (χ0) is 15.0. The van der Waals surface area contributed by atoms with Gasteiger partial charge in [0.2, 0.25) is 0 Å². The summed E-state index contributed by atoms with van der Waals surface area (Å²) in [6.07, 6.45) is 4.01. The van der Waals surface area contributed by atoms with E-state index in [9.17, 15) is 8.42 Å². The Kier molecular flexibility index (Phi) is 4.53. The van der Waals surface area contributed by atoms with Crippen LogP contribution in [0.3, 0.4) is 0 Å². The SMILES string of the molecule is CC(C)(C)C1CCN(C2(CN)CCCS(=O)(=O)C2)CC1. The van der Waals surface area contributed by atoms with E-state index >= 15 is 0 Å². The van der Waals surface area contributed by atoms with E-state index in [2.05, 4.69) is 25.7 Å². The molecule has 2 heterocycles. The van der Waals surface area contributed by atoms with Gasteiger partial charge in [0, 0.05) is 12.1 Å². The maximum Gasteiger partial charge on any atom is 0.152 e. The van der Waals surface area contributed by atoms with Crippen LogP contribution in [0.2, 0.25) is 0 Å².